The van der Waals surface area contributed by atoms with Crippen LogP contribution in [0.15, 0.2) is 54.7 Å². The summed E-state index contributed by atoms with van der Waals surface area (Å²) in [5, 5.41) is 14.8. The highest BCUT2D eigenvalue weighted by Gasteiger charge is 2.22. The molecule has 0 aliphatic rings. The number of anilines is 1. The number of amides is 1. The first-order valence-electron chi connectivity index (χ1n) is 6.97. The van der Waals surface area contributed by atoms with Gasteiger partial charge in [0.2, 0.25) is 0 Å². The Labute approximate surface area is 131 Å². The molecule has 1 aromatic heterocycles. The maximum absolute atomic E-state index is 12.6. The highest BCUT2D eigenvalue weighted by atomic mass is 16.6. The van der Waals surface area contributed by atoms with Gasteiger partial charge in [-0.15, -0.1) is 0 Å². The molecule has 2 aromatic carbocycles. The van der Waals surface area contributed by atoms with Crippen LogP contribution in [-0.2, 0) is 0 Å². The fourth-order valence-corrected chi connectivity index (χ4v) is 2.49. The molecular weight excluding hydrogens is 294 g/mol. The quantitative estimate of drug-likeness (QED) is 0.590. The Kier molecular flexibility index (Phi) is 3.72. The number of fused-ring (bicyclic) bond motifs is 1. The molecule has 0 unspecified atom stereocenters. The Bertz CT molecular complexity index is 917. The van der Waals surface area contributed by atoms with Crippen molar-refractivity contribution in [3.05, 3.63) is 76.0 Å². The van der Waals surface area contributed by atoms with Crippen LogP contribution >= 0.6 is 0 Å². The van der Waals surface area contributed by atoms with E-state index in [1.54, 1.807) is 43.5 Å². The Morgan fingerprint density at radius 3 is 2.65 bits per heavy atom. The number of benzene rings is 2. The lowest BCUT2D eigenvalue weighted by Gasteiger charge is -2.10. The van der Waals surface area contributed by atoms with E-state index >= 15 is 0 Å². The molecule has 0 saturated heterocycles. The summed E-state index contributed by atoms with van der Waals surface area (Å²) in [5.74, 6) is -0.520. The summed E-state index contributed by atoms with van der Waals surface area (Å²) in [6.45, 7) is 1.67. The summed E-state index contributed by atoms with van der Waals surface area (Å²) in [5.41, 5.74) is 1.55. The van der Waals surface area contributed by atoms with Gasteiger partial charge >= 0.3 is 0 Å². The predicted molar refractivity (Wildman–Crippen MR) is 87.5 cm³/mol. The molecule has 0 radical (unpaired) electrons. The zero-order valence-electron chi connectivity index (χ0n) is 12.3. The minimum Gasteiger partial charge on any atom is -0.320 e. The molecule has 3 aromatic rings. The van der Waals surface area contributed by atoms with Crippen LogP contribution in [0, 0.1) is 17.0 Å². The van der Waals surface area contributed by atoms with E-state index in [-0.39, 0.29) is 11.3 Å². The zero-order chi connectivity index (χ0) is 16.4. The van der Waals surface area contributed by atoms with Gasteiger partial charge in [-0.25, -0.2) is 0 Å². The number of aromatic nitrogens is 1. The molecule has 0 bridgehead atoms. The maximum Gasteiger partial charge on any atom is 0.282 e. The monoisotopic (exact) mass is 307 g/mol. The molecule has 3 rings (SSSR count). The number of nitro groups is 1. The minimum atomic E-state index is -0.552. The van der Waals surface area contributed by atoms with Gasteiger partial charge in [0.05, 0.1) is 16.1 Å². The third-order valence-electron chi connectivity index (χ3n) is 3.56. The number of hydrogen-bond acceptors (Lipinski definition) is 4. The fraction of sp³-hybridized carbons (Fsp3) is 0.0588. The molecule has 1 heterocycles. The van der Waals surface area contributed by atoms with Crippen LogP contribution in [0.25, 0.3) is 10.9 Å². The molecule has 1 amide bonds. The summed E-state index contributed by atoms with van der Waals surface area (Å²) in [6, 6.07) is 13.6. The largest absolute Gasteiger partial charge is 0.320 e. The smallest absolute Gasteiger partial charge is 0.282 e. The van der Waals surface area contributed by atoms with E-state index in [1.807, 2.05) is 12.1 Å². The second kappa shape index (κ2) is 5.84. The molecule has 0 fully saturated rings. The summed E-state index contributed by atoms with van der Waals surface area (Å²) in [7, 11) is 0. The van der Waals surface area contributed by atoms with Crippen LogP contribution in [0.5, 0.6) is 0 Å². The number of para-hydroxylation sites is 1. The molecule has 0 atom stereocenters. The Balaban J connectivity index is 2.04. The van der Waals surface area contributed by atoms with Crippen molar-refractivity contribution in [2.45, 2.75) is 6.92 Å². The summed E-state index contributed by atoms with van der Waals surface area (Å²) >= 11 is 0. The van der Waals surface area contributed by atoms with E-state index in [0.717, 1.165) is 5.39 Å². The van der Waals surface area contributed by atoms with Crippen molar-refractivity contribution in [2.24, 2.45) is 0 Å². The van der Waals surface area contributed by atoms with E-state index in [1.165, 1.54) is 6.07 Å². The third-order valence-corrected chi connectivity index (χ3v) is 3.56. The van der Waals surface area contributed by atoms with Crippen molar-refractivity contribution in [1.29, 1.82) is 0 Å². The van der Waals surface area contributed by atoms with Crippen LogP contribution in [0.1, 0.15) is 15.9 Å². The average Bonchev–Trinajstić information content (AvgIpc) is 2.54. The lowest BCUT2D eigenvalue weighted by atomic mass is 10.1. The van der Waals surface area contributed by atoms with Gasteiger partial charge in [-0.2, -0.15) is 0 Å². The van der Waals surface area contributed by atoms with Gasteiger partial charge in [-0.05, 0) is 24.6 Å². The summed E-state index contributed by atoms with van der Waals surface area (Å²) < 4.78 is 0. The molecule has 6 nitrogen and oxygen atoms in total. The van der Waals surface area contributed by atoms with Gasteiger partial charge in [-0.1, -0.05) is 30.3 Å². The minimum absolute atomic E-state index is 0.0606. The van der Waals surface area contributed by atoms with E-state index in [2.05, 4.69) is 10.3 Å². The van der Waals surface area contributed by atoms with Gasteiger partial charge in [-0.3, -0.25) is 19.9 Å². The standard InChI is InChI=1S/C17H13N3O3/c1-11-5-2-9-14(20(22)23)15(11)17(21)19-13-8-3-6-12-7-4-10-18-16(12)13/h2-10H,1H3,(H,19,21). The Hall–Kier alpha value is -3.28. The molecule has 23 heavy (non-hydrogen) atoms. The van der Waals surface area contributed by atoms with Gasteiger partial charge in [0.15, 0.2) is 0 Å². The summed E-state index contributed by atoms with van der Waals surface area (Å²) in [6.07, 6.45) is 1.63. The number of carbonyl (C=O) groups is 1. The van der Waals surface area contributed by atoms with Crippen LogP contribution in [0.4, 0.5) is 11.4 Å². The van der Waals surface area contributed by atoms with Crippen molar-refractivity contribution in [3.63, 3.8) is 0 Å². The van der Waals surface area contributed by atoms with E-state index in [4.69, 9.17) is 0 Å². The molecular formula is C17H13N3O3. The SMILES string of the molecule is Cc1cccc([N+](=O)[O-])c1C(=O)Nc1cccc2cccnc12. The van der Waals surface area contributed by atoms with Gasteiger partial charge in [0.1, 0.15) is 5.56 Å². The topological polar surface area (TPSA) is 85.1 Å². The molecule has 1 N–H and O–H groups in total. The number of nitro benzene ring substituents is 1. The first kappa shape index (κ1) is 14.6. The van der Waals surface area contributed by atoms with Crippen molar-refractivity contribution in [3.8, 4) is 0 Å². The van der Waals surface area contributed by atoms with Gasteiger partial charge in [0, 0.05) is 17.6 Å². The highest BCUT2D eigenvalue weighted by molar-refractivity contribution is 6.11. The molecule has 0 aliphatic heterocycles. The van der Waals surface area contributed by atoms with Crippen molar-refractivity contribution in [2.75, 3.05) is 5.32 Å². The molecule has 0 spiro atoms. The lowest BCUT2D eigenvalue weighted by molar-refractivity contribution is -0.385. The second-order valence-corrected chi connectivity index (χ2v) is 5.06. The van der Waals surface area contributed by atoms with Crippen LogP contribution < -0.4 is 5.32 Å². The van der Waals surface area contributed by atoms with Crippen molar-refractivity contribution in [1.82, 2.24) is 4.98 Å². The predicted octanol–water partition coefficient (Wildman–Crippen LogP) is 3.70. The molecule has 114 valence electrons. The normalized spacial score (nSPS) is 10.5. The lowest BCUT2D eigenvalue weighted by Crippen LogP contribution is -2.16. The molecule has 0 aliphatic carbocycles. The van der Waals surface area contributed by atoms with E-state index < -0.39 is 10.8 Å². The van der Waals surface area contributed by atoms with Gasteiger partial charge in [0.25, 0.3) is 11.6 Å². The zero-order valence-corrected chi connectivity index (χ0v) is 12.3. The Morgan fingerprint density at radius 1 is 1.13 bits per heavy atom. The number of aryl methyl sites for hydroxylation is 1. The first-order chi connectivity index (χ1) is 11.1. The molecule has 0 saturated carbocycles. The van der Waals surface area contributed by atoms with E-state index in [9.17, 15) is 14.9 Å². The Morgan fingerprint density at radius 2 is 1.87 bits per heavy atom. The van der Waals surface area contributed by atoms with Crippen LogP contribution in [0.2, 0.25) is 0 Å². The first-order valence-corrected chi connectivity index (χ1v) is 6.97. The second-order valence-electron chi connectivity index (χ2n) is 5.06. The number of rotatable bonds is 3. The fourth-order valence-electron chi connectivity index (χ4n) is 2.49. The summed E-state index contributed by atoms with van der Waals surface area (Å²) in [4.78, 5) is 27.4. The average molecular weight is 307 g/mol. The number of pyridine rings is 1. The number of hydrogen-bond donors (Lipinski definition) is 1. The van der Waals surface area contributed by atoms with E-state index in [0.29, 0.717) is 16.8 Å². The number of nitrogens with zero attached hydrogens (tertiary/aromatic N) is 2. The maximum atomic E-state index is 12.6. The van der Waals surface area contributed by atoms with Gasteiger partial charge < -0.3 is 5.32 Å². The van der Waals surface area contributed by atoms with Crippen LogP contribution in [-0.4, -0.2) is 15.8 Å². The van der Waals surface area contributed by atoms with Crippen molar-refractivity contribution >= 4 is 28.2 Å². The number of nitrogens with one attached hydrogen (secondary N) is 1. The highest BCUT2D eigenvalue weighted by Crippen LogP contribution is 2.25. The third kappa shape index (κ3) is 2.74. The number of carbonyl (C=O) groups excluding carboxylic acids is 1. The molecule has 6 heteroatoms. The van der Waals surface area contributed by atoms with Crippen LogP contribution in [0.3, 0.4) is 0 Å². The van der Waals surface area contributed by atoms with Crippen molar-refractivity contribution < 1.29 is 9.72 Å².